The predicted octanol–water partition coefficient (Wildman–Crippen LogP) is 5.06. The zero-order chi connectivity index (χ0) is 25.9. The molecule has 5 rings (SSSR count). The van der Waals surface area contributed by atoms with Gasteiger partial charge in [-0.15, -0.1) is 0 Å². The summed E-state index contributed by atoms with van der Waals surface area (Å²) >= 11 is 0. The highest BCUT2D eigenvalue weighted by Gasteiger charge is 2.16. The molecule has 4 aromatic carbocycles. The van der Waals surface area contributed by atoms with Gasteiger partial charge in [-0.3, -0.25) is 4.79 Å². The lowest BCUT2D eigenvalue weighted by atomic mass is 10.1. The van der Waals surface area contributed by atoms with Crippen LogP contribution in [-0.4, -0.2) is 11.9 Å². The lowest BCUT2D eigenvalue weighted by Gasteiger charge is -2.11. The summed E-state index contributed by atoms with van der Waals surface area (Å²) in [7, 11) is 0. The molecule has 0 bridgehead atoms. The maximum absolute atomic E-state index is 12.8. The Balaban J connectivity index is 1.56. The molecule has 4 N–H and O–H groups in total. The third-order valence-electron chi connectivity index (χ3n) is 5.46. The van der Waals surface area contributed by atoms with Crippen LogP contribution in [0.25, 0.3) is 22.3 Å². The average molecular weight is 492 g/mol. The largest absolute Gasteiger partial charge is 0.456 e. The Labute approximate surface area is 210 Å². The van der Waals surface area contributed by atoms with E-state index in [4.69, 9.17) is 25.4 Å². The normalized spacial score (nSPS) is 10.7. The van der Waals surface area contributed by atoms with Gasteiger partial charge in [-0.05, 0) is 60.7 Å². The van der Waals surface area contributed by atoms with Crippen LogP contribution >= 0.6 is 0 Å². The van der Waals surface area contributed by atoms with Crippen LogP contribution in [-0.2, 0) is 0 Å². The van der Waals surface area contributed by atoms with Gasteiger partial charge in [0.15, 0.2) is 5.43 Å². The van der Waals surface area contributed by atoms with Crippen molar-refractivity contribution in [1.29, 1.82) is 0 Å². The predicted molar refractivity (Wildman–Crippen MR) is 140 cm³/mol. The van der Waals surface area contributed by atoms with Crippen LogP contribution in [0.4, 0.5) is 11.4 Å². The molecule has 0 fully saturated rings. The van der Waals surface area contributed by atoms with Gasteiger partial charge in [0.05, 0.1) is 16.5 Å². The van der Waals surface area contributed by atoms with Crippen LogP contribution in [0.5, 0.6) is 11.5 Å². The molecule has 0 saturated heterocycles. The zero-order valence-corrected chi connectivity index (χ0v) is 19.3. The van der Waals surface area contributed by atoms with Crippen LogP contribution in [0.15, 0.2) is 106 Å². The van der Waals surface area contributed by atoms with Crippen molar-refractivity contribution in [2.75, 3.05) is 11.5 Å². The van der Waals surface area contributed by atoms with E-state index >= 15 is 0 Å². The van der Waals surface area contributed by atoms with Gasteiger partial charge in [0.2, 0.25) is 0 Å². The molecule has 5 aromatic rings. The fraction of sp³-hybridized carbons (Fsp3) is 0. The highest BCUT2D eigenvalue weighted by molar-refractivity contribution is 5.93. The fourth-order valence-corrected chi connectivity index (χ4v) is 3.74. The van der Waals surface area contributed by atoms with Crippen molar-refractivity contribution in [3.63, 3.8) is 0 Å². The molecular weight excluding hydrogens is 472 g/mol. The van der Waals surface area contributed by atoms with E-state index in [-0.39, 0.29) is 33.8 Å². The highest BCUT2D eigenvalue weighted by atomic mass is 16.5. The van der Waals surface area contributed by atoms with E-state index in [0.717, 1.165) is 0 Å². The molecule has 8 nitrogen and oxygen atoms in total. The summed E-state index contributed by atoms with van der Waals surface area (Å²) in [5.41, 5.74) is 13.3. The van der Waals surface area contributed by atoms with Gasteiger partial charge in [0.25, 0.3) is 0 Å². The summed E-state index contributed by atoms with van der Waals surface area (Å²) in [6.45, 7) is 0. The number of para-hydroxylation sites is 1. The third-order valence-corrected chi connectivity index (χ3v) is 5.46. The van der Waals surface area contributed by atoms with Gasteiger partial charge in [0.1, 0.15) is 22.8 Å². The number of carbonyl (C=O) groups excluding carboxylic acids is 2. The van der Waals surface area contributed by atoms with Crippen molar-refractivity contribution in [3.05, 3.63) is 118 Å². The minimum absolute atomic E-state index is 0.0658. The number of fused-ring (bicyclic) bond motifs is 1. The molecule has 1 heterocycles. The Bertz CT molecular complexity index is 1650. The summed E-state index contributed by atoms with van der Waals surface area (Å²) in [6, 6.07) is 25.2. The van der Waals surface area contributed by atoms with Crippen molar-refractivity contribution in [2.24, 2.45) is 0 Å². The SMILES string of the molecule is Nc1cccc(C(=O)Oc2cc(OC(=O)c3cccc(N)c3)cc(-c3cc(=O)c4ccccc4o3)c2)c1. The molecule has 8 heteroatoms. The number of benzene rings is 4. The highest BCUT2D eigenvalue weighted by Crippen LogP contribution is 2.32. The lowest BCUT2D eigenvalue weighted by molar-refractivity contribution is 0.0733. The molecule has 1 aromatic heterocycles. The molecule has 0 radical (unpaired) electrons. The summed E-state index contributed by atoms with van der Waals surface area (Å²) in [5.74, 6) is -1.01. The number of rotatable bonds is 5. The Morgan fingerprint density at radius 2 is 1.22 bits per heavy atom. The number of hydrogen-bond donors (Lipinski definition) is 2. The molecule has 0 amide bonds. The minimum Gasteiger partial charge on any atom is -0.456 e. The molecule has 0 atom stereocenters. The van der Waals surface area contributed by atoms with Gasteiger partial charge in [-0.1, -0.05) is 24.3 Å². The second-order valence-electron chi connectivity index (χ2n) is 8.19. The number of carbonyl (C=O) groups is 2. The Hall–Kier alpha value is -5.37. The van der Waals surface area contributed by atoms with E-state index < -0.39 is 11.9 Å². The molecule has 0 saturated carbocycles. The molecule has 0 aliphatic heterocycles. The van der Waals surface area contributed by atoms with E-state index in [1.807, 2.05) is 0 Å². The van der Waals surface area contributed by atoms with Crippen LogP contribution in [0.1, 0.15) is 20.7 Å². The first-order valence-electron chi connectivity index (χ1n) is 11.2. The topological polar surface area (TPSA) is 135 Å². The standard InChI is InChI=1S/C29H20N2O6/c30-20-7-3-5-17(11-20)28(33)35-22-13-19(27-16-25(32)24-9-1-2-10-26(24)37-27)14-23(15-22)36-29(34)18-6-4-8-21(31)12-18/h1-16H,30-31H2. The van der Waals surface area contributed by atoms with Crippen molar-refractivity contribution in [3.8, 4) is 22.8 Å². The summed E-state index contributed by atoms with van der Waals surface area (Å²) in [6.07, 6.45) is 0. The first-order chi connectivity index (χ1) is 17.9. The third kappa shape index (κ3) is 5.18. The van der Waals surface area contributed by atoms with Crippen LogP contribution < -0.4 is 26.4 Å². The van der Waals surface area contributed by atoms with Crippen molar-refractivity contribution in [1.82, 2.24) is 0 Å². The second kappa shape index (κ2) is 9.71. The maximum atomic E-state index is 12.8. The maximum Gasteiger partial charge on any atom is 0.343 e. The number of anilines is 2. The molecule has 0 aliphatic rings. The Morgan fingerprint density at radius 3 is 1.78 bits per heavy atom. The fourth-order valence-electron chi connectivity index (χ4n) is 3.74. The van der Waals surface area contributed by atoms with E-state index in [2.05, 4.69) is 0 Å². The zero-order valence-electron chi connectivity index (χ0n) is 19.3. The molecule has 182 valence electrons. The number of nitrogen functional groups attached to an aromatic ring is 2. The number of nitrogens with two attached hydrogens (primary N) is 2. The van der Waals surface area contributed by atoms with Crippen LogP contribution in [0, 0.1) is 0 Å². The minimum atomic E-state index is -0.669. The van der Waals surface area contributed by atoms with Gasteiger partial charge in [-0.25, -0.2) is 9.59 Å². The summed E-state index contributed by atoms with van der Waals surface area (Å²) in [4.78, 5) is 38.2. The van der Waals surface area contributed by atoms with E-state index in [1.54, 1.807) is 60.7 Å². The average Bonchev–Trinajstić information content (AvgIpc) is 2.88. The Kier molecular flexibility index (Phi) is 6.13. The summed E-state index contributed by atoms with van der Waals surface area (Å²) in [5, 5.41) is 0.420. The summed E-state index contributed by atoms with van der Waals surface area (Å²) < 4.78 is 17.0. The number of hydrogen-bond acceptors (Lipinski definition) is 8. The Morgan fingerprint density at radius 1 is 0.649 bits per heavy atom. The van der Waals surface area contributed by atoms with E-state index in [1.165, 1.54) is 36.4 Å². The van der Waals surface area contributed by atoms with Gasteiger partial charge in [0, 0.05) is 29.1 Å². The van der Waals surface area contributed by atoms with Gasteiger partial charge < -0.3 is 25.4 Å². The quantitative estimate of drug-likeness (QED) is 0.197. The first-order valence-corrected chi connectivity index (χ1v) is 11.2. The smallest absolute Gasteiger partial charge is 0.343 e. The van der Waals surface area contributed by atoms with E-state index in [9.17, 15) is 14.4 Å². The molecule has 37 heavy (non-hydrogen) atoms. The molecular formula is C29H20N2O6. The first kappa shape index (κ1) is 23.4. The van der Waals surface area contributed by atoms with Gasteiger partial charge >= 0.3 is 11.9 Å². The van der Waals surface area contributed by atoms with Crippen molar-refractivity contribution >= 4 is 34.3 Å². The van der Waals surface area contributed by atoms with Crippen LogP contribution in [0.2, 0.25) is 0 Å². The number of ether oxygens (including phenoxy) is 2. The van der Waals surface area contributed by atoms with Crippen molar-refractivity contribution < 1.29 is 23.5 Å². The monoisotopic (exact) mass is 492 g/mol. The molecule has 0 spiro atoms. The lowest BCUT2D eigenvalue weighted by Crippen LogP contribution is -2.11. The van der Waals surface area contributed by atoms with E-state index in [0.29, 0.717) is 27.9 Å². The second-order valence-corrected chi connectivity index (χ2v) is 8.19. The van der Waals surface area contributed by atoms with Crippen LogP contribution in [0.3, 0.4) is 0 Å². The molecule has 0 unspecified atom stereocenters. The van der Waals surface area contributed by atoms with Gasteiger partial charge in [-0.2, -0.15) is 0 Å². The molecule has 0 aliphatic carbocycles. The number of esters is 2. The van der Waals surface area contributed by atoms with Crippen molar-refractivity contribution in [2.45, 2.75) is 0 Å².